The van der Waals surface area contributed by atoms with Crippen LogP contribution in [0.15, 0.2) is 53.2 Å². The lowest BCUT2D eigenvalue weighted by molar-refractivity contribution is -0.115. The predicted molar refractivity (Wildman–Crippen MR) is 127 cm³/mol. The number of hydrogen-bond donors (Lipinski definition) is 1. The van der Waals surface area contributed by atoms with Crippen LogP contribution >= 0.6 is 35.0 Å². The molecule has 0 saturated carbocycles. The summed E-state index contributed by atoms with van der Waals surface area (Å²) < 4.78 is 0. The second kappa shape index (κ2) is 9.43. The quantitative estimate of drug-likeness (QED) is 0.681. The highest BCUT2D eigenvalue weighted by molar-refractivity contribution is 8.13. The average molecular weight is 461 g/mol. The molecule has 1 fully saturated rings. The van der Waals surface area contributed by atoms with Gasteiger partial charge in [0.2, 0.25) is 0 Å². The number of amides is 1. The van der Waals surface area contributed by atoms with E-state index in [1.54, 1.807) is 6.07 Å². The summed E-state index contributed by atoms with van der Waals surface area (Å²) in [4.78, 5) is 21.5. The summed E-state index contributed by atoms with van der Waals surface area (Å²) in [5.41, 5.74) is 3.60. The third kappa shape index (κ3) is 5.19. The molecule has 2 aromatic carbocycles. The minimum absolute atomic E-state index is 0.185. The van der Waals surface area contributed by atoms with Crippen molar-refractivity contribution in [3.8, 4) is 0 Å². The Bertz CT molecular complexity index is 999. The Morgan fingerprint density at radius 2 is 1.80 bits per heavy atom. The first-order valence-electron chi connectivity index (χ1n) is 9.70. The molecule has 1 N–H and O–H groups in total. The van der Waals surface area contributed by atoms with Crippen LogP contribution in [0.3, 0.4) is 0 Å². The van der Waals surface area contributed by atoms with E-state index in [-0.39, 0.29) is 5.91 Å². The summed E-state index contributed by atoms with van der Waals surface area (Å²) in [6, 6.07) is 13.8. The van der Waals surface area contributed by atoms with Crippen molar-refractivity contribution in [1.82, 2.24) is 10.2 Å². The van der Waals surface area contributed by atoms with E-state index in [0.717, 1.165) is 37.3 Å². The summed E-state index contributed by atoms with van der Waals surface area (Å²) in [5, 5.41) is 4.46. The number of likely N-dealkylation sites (N-methyl/N-ethyl adjacent to an activating group) is 1. The summed E-state index contributed by atoms with van der Waals surface area (Å²) >= 11 is 13.5. The van der Waals surface area contributed by atoms with Crippen LogP contribution in [-0.4, -0.2) is 49.2 Å². The number of amidine groups is 1. The number of rotatable bonds is 4. The number of benzene rings is 2. The van der Waals surface area contributed by atoms with Gasteiger partial charge in [-0.25, -0.2) is 4.99 Å². The first-order valence-corrected chi connectivity index (χ1v) is 11.4. The Morgan fingerprint density at radius 3 is 2.50 bits per heavy atom. The molecule has 0 unspecified atom stereocenters. The van der Waals surface area contributed by atoms with Crippen molar-refractivity contribution in [2.24, 2.45) is 4.99 Å². The molecule has 0 aromatic heterocycles. The fourth-order valence-corrected chi connectivity index (χ4v) is 4.43. The Kier molecular flexibility index (Phi) is 6.68. The van der Waals surface area contributed by atoms with Gasteiger partial charge in [-0.15, -0.1) is 0 Å². The van der Waals surface area contributed by atoms with Crippen LogP contribution in [-0.2, 0) is 10.5 Å². The van der Waals surface area contributed by atoms with Gasteiger partial charge in [-0.2, -0.15) is 0 Å². The van der Waals surface area contributed by atoms with Crippen molar-refractivity contribution in [3.05, 3.63) is 69.3 Å². The van der Waals surface area contributed by atoms with Crippen LogP contribution in [0.2, 0.25) is 10.0 Å². The normalized spacial score (nSPS) is 18.6. The van der Waals surface area contributed by atoms with Crippen molar-refractivity contribution in [2.45, 2.75) is 5.75 Å². The molecule has 0 atom stereocenters. The third-order valence-electron chi connectivity index (χ3n) is 5.10. The molecule has 4 rings (SSSR count). The molecule has 0 bridgehead atoms. The molecule has 0 spiro atoms. The molecule has 1 amide bonds. The molecule has 30 heavy (non-hydrogen) atoms. The molecule has 5 nitrogen and oxygen atoms in total. The van der Waals surface area contributed by atoms with E-state index in [9.17, 15) is 4.79 Å². The Labute approximate surface area is 190 Å². The average Bonchev–Trinajstić information content (AvgIpc) is 3.09. The second-order valence-electron chi connectivity index (χ2n) is 7.32. The van der Waals surface area contributed by atoms with Gasteiger partial charge in [-0.3, -0.25) is 10.1 Å². The van der Waals surface area contributed by atoms with Crippen LogP contribution in [0.25, 0.3) is 6.08 Å². The highest BCUT2D eigenvalue weighted by atomic mass is 35.5. The molecule has 8 heteroatoms. The highest BCUT2D eigenvalue weighted by Crippen LogP contribution is 2.26. The number of piperazine rings is 1. The van der Waals surface area contributed by atoms with E-state index >= 15 is 0 Å². The second-order valence-corrected chi connectivity index (χ2v) is 9.10. The van der Waals surface area contributed by atoms with Crippen molar-refractivity contribution in [3.63, 3.8) is 0 Å². The van der Waals surface area contributed by atoms with Gasteiger partial charge in [-0.05, 0) is 48.5 Å². The largest absolute Gasteiger partial charge is 0.369 e. The smallest absolute Gasteiger partial charge is 0.275 e. The number of nitrogens with one attached hydrogen (secondary N) is 1. The van der Waals surface area contributed by atoms with E-state index in [4.69, 9.17) is 23.2 Å². The molecule has 2 aliphatic heterocycles. The fourth-order valence-electron chi connectivity index (χ4n) is 3.30. The molecule has 156 valence electrons. The van der Waals surface area contributed by atoms with E-state index in [1.807, 2.05) is 30.3 Å². The first-order chi connectivity index (χ1) is 14.5. The monoisotopic (exact) mass is 460 g/mol. The van der Waals surface area contributed by atoms with Crippen LogP contribution in [0.5, 0.6) is 0 Å². The zero-order valence-corrected chi connectivity index (χ0v) is 18.9. The van der Waals surface area contributed by atoms with Crippen molar-refractivity contribution >= 4 is 57.8 Å². The summed E-state index contributed by atoms with van der Waals surface area (Å²) in [5.74, 6) is 0.456. The number of carbonyl (C=O) groups excluding carboxylic acids is 1. The SMILES string of the molecule is CN1CCN(c2ccc(/C=C3\N=C(SCc4ccc(Cl)c(Cl)c4)NC3=O)cc2)CC1. The number of carbonyl (C=O) groups is 1. The summed E-state index contributed by atoms with van der Waals surface area (Å²) in [6.45, 7) is 4.21. The van der Waals surface area contributed by atoms with E-state index < -0.39 is 0 Å². The van der Waals surface area contributed by atoms with E-state index in [1.165, 1.54) is 17.4 Å². The lowest BCUT2D eigenvalue weighted by Crippen LogP contribution is -2.44. The fraction of sp³-hybridized carbons (Fsp3) is 0.273. The Balaban J connectivity index is 1.39. The van der Waals surface area contributed by atoms with Gasteiger partial charge < -0.3 is 9.80 Å². The van der Waals surface area contributed by atoms with Crippen molar-refractivity contribution < 1.29 is 4.79 Å². The highest BCUT2D eigenvalue weighted by Gasteiger charge is 2.20. The topological polar surface area (TPSA) is 47.9 Å². The summed E-state index contributed by atoms with van der Waals surface area (Å²) in [7, 11) is 2.15. The number of thioether (sulfide) groups is 1. The maximum Gasteiger partial charge on any atom is 0.275 e. The minimum Gasteiger partial charge on any atom is -0.369 e. The van der Waals surface area contributed by atoms with Crippen LogP contribution in [0.1, 0.15) is 11.1 Å². The van der Waals surface area contributed by atoms with Gasteiger partial charge in [0.15, 0.2) is 5.17 Å². The van der Waals surface area contributed by atoms with Crippen LogP contribution in [0, 0.1) is 0 Å². The van der Waals surface area contributed by atoms with Gasteiger partial charge >= 0.3 is 0 Å². The Morgan fingerprint density at radius 1 is 1.07 bits per heavy atom. The molecule has 2 aliphatic rings. The van der Waals surface area contributed by atoms with E-state index in [0.29, 0.717) is 26.7 Å². The number of halogens is 2. The van der Waals surface area contributed by atoms with Gasteiger partial charge in [0.05, 0.1) is 10.0 Å². The van der Waals surface area contributed by atoms with Crippen LogP contribution < -0.4 is 10.2 Å². The Hall–Kier alpha value is -1.99. The first kappa shape index (κ1) is 21.2. The lowest BCUT2D eigenvalue weighted by atomic mass is 10.1. The predicted octanol–water partition coefficient (Wildman–Crippen LogP) is 4.51. The van der Waals surface area contributed by atoms with Crippen molar-refractivity contribution in [1.29, 1.82) is 0 Å². The number of hydrogen-bond acceptors (Lipinski definition) is 5. The molecule has 1 saturated heterocycles. The molecule has 2 heterocycles. The molecule has 2 aromatic rings. The standard InChI is InChI=1S/C22H22Cl2N4OS/c1-27-8-10-28(11-9-27)17-5-2-15(3-6-17)13-20-21(29)26-22(25-20)30-14-16-4-7-18(23)19(24)12-16/h2-7,12-13H,8-11,14H2,1H3,(H,25,26,29)/b20-13-. The molecular weight excluding hydrogens is 439 g/mol. The van der Waals surface area contributed by atoms with Crippen molar-refractivity contribution in [2.75, 3.05) is 38.1 Å². The van der Waals surface area contributed by atoms with Crippen LogP contribution in [0.4, 0.5) is 5.69 Å². The number of nitrogens with zero attached hydrogens (tertiary/aromatic N) is 3. The maximum absolute atomic E-state index is 12.3. The molecular formula is C22H22Cl2N4OS. The zero-order valence-electron chi connectivity index (χ0n) is 16.6. The van der Waals surface area contributed by atoms with Gasteiger partial charge in [0.1, 0.15) is 5.70 Å². The zero-order chi connectivity index (χ0) is 21.1. The van der Waals surface area contributed by atoms with Gasteiger partial charge in [-0.1, -0.05) is 53.2 Å². The molecule has 0 aliphatic carbocycles. The summed E-state index contributed by atoms with van der Waals surface area (Å²) in [6.07, 6.45) is 1.82. The molecule has 0 radical (unpaired) electrons. The van der Waals surface area contributed by atoms with Gasteiger partial charge in [0.25, 0.3) is 5.91 Å². The minimum atomic E-state index is -0.185. The number of anilines is 1. The number of aliphatic imine (C=N–C) groups is 1. The van der Waals surface area contributed by atoms with E-state index in [2.05, 4.69) is 39.3 Å². The third-order valence-corrected chi connectivity index (χ3v) is 6.78. The maximum atomic E-state index is 12.3. The van der Waals surface area contributed by atoms with Gasteiger partial charge in [0, 0.05) is 37.6 Å². The lowest BCUT2D eigenvalue weighted by Gasteiger charge is -2.34.